The standard InChI is InChI=1S/C20H33N3OS/c1-19-9-7-13(24)11-12(19)3-4-14-15-5-6-17(22-23-18(21)25)20(15,2)10-8-16(14)19/h12-16,24H,3-11H2,1-2H3,(H3,21,23,25)/b22-17+/t12-,13+,14+,15-,16+,19-,20-/m0/s1. The van der Waals surface area contributed by atoms with Gasteiger partial charge in [0.2, 0.25) is 0 Å². The first-order valence-electron chi connectivity index (χ1n) is 10.1. The third-order valence-corrected chi connectivity index (χ3v) is 8.77. The van der Waals surface area contributed by atoms with Gasteiger partial charge in [-0.1, -0.05) is 13.8 Å². The van der Waals surface area contributed by atoms with Crippen molar-refractivity contribution >= 4 is 23.0 Å². The molecule has 4 saturated carbocycles. The molecule has 0 unspecified atom stereocenters. The first kappa shape index (κ1) is 17.7. The van der Waals surface area contributed by atoms with Crippen LogP contribution in [0, 0.1) is 34.5 Å². The van der Waals surface area contributed by atoms with Gasteiger partial charge in [0.25, 0.3) is 0 Å². The van der Waals surface area contributed by atoms with Gasteiger partial charge in [-0.2, -0.15) is 5.10 Å². The lowest BCUT2D eigenvalue weighted by molar-refractivity contribution is -0.113. The largest absolute Gasteiger partial charge is 0.393 e. The van der Waals surface area contributed by atoms with Crippen molar-refractivity contribution in [2.24, 2.45) is 45.3 Å². The minimum atomic E-state index is -0.0557. The van der Waals surface area contributed by atoms with Gasteiger partial charge >= 0.3 is 0 Å². The Bertz CT molecular complexity index is 593. The molecule has 4 rings (SSSR count). The number of nitrogens with one attached hydrogen (secondary N) is 1. The van der Waals surface area contributed by atoms with E-state index >= 15 is 0 Å². The molecule has 4 fully saturated rings. The summed E-state index contributed by atoms with van der Waals surface area (Å²) in [6, 6.07) is 0. The summed E-state index contributed by atoms with van der Waals surface area (Å²) in [6.07, 6.45) is 10.7. The summed E-state index contributed by atoms with van der Waals surface area (Å²) in [4.78, 5) is 0. The van der Waals surface area contributed by atoms with Crippen LogP contribution in [0.25, 0.3) is 0 Å². The summed E-state index contributed by atoms with van der Waals surface area (Å²) in [5.41, 5.74) is 10.4. The summed E-state index contributed by atoms with van der Waals surface area (Å²) in [5, 5.41) is 15.0. The Kier molecular flexibility index (Phi) is 4.39. The Labute approximate surface area is 157 Å². The van der Waals surface area contributed by atoms with Crippen LogP contribution in [-0.2, 0) is 0 Å². The minimum Gasteiger partial charge on any atom is -0.393 e. The molecular weight excluding hydrogens is 330 g/mol. The van der Waals surface area contributed by atoms with E-state index in [1.54, 1.807) is 0 Å². The number of nitrogens with two attached hydrogens (primary N) is 1. The third-order valence-electron chi connectivity index (χ3n) is 8.68. The maximum absolute atomic E-state index is 10.1. The lowest BCUT2D eigenvalue weighted by Gasteiger charge is -2.60. The molecule has 0 heterocycles. The van der Waals surface area contributed by atoms with Gasteiger partial charge in [0, 0.05) is 11.1 Å². The van der Waals surface area contributed by atoms with Crippen molar-refractivity contribution < 1.29 is 5.11 Å². The maximum Gasteiger partial charge on any atom is 0.184 e. The molecule has 140 valence electrons. The molecule has 5 heteroatoms. The topological polar surface area (TPSA) is 70.6 Å². The zero-order valence-corrected chi connectivity index (χ0v) is 16.4. The summed E-state index contributed by atoms with van der Waals surface area (Å²) in [6.45, 7) is 4.97. The van der Waals surface area contributed by atoms with E-state index in [2.05, 4.69) is 24.4 Å². The average Bonchev–Trinajstić information content (AvgIpc) is 2.90. The van der Waals surface area contributed by atoms with Crippen molar-refractivity contribution in [2.45, 2.75) is 77.7 Å². The van der Waals surface area contributed by atoms with E-state index in [9.17, 15) is 5.11 Å². The van der Waals surface area contributed by atoms with E-state index in [1.165, 1.54) is 44.2 Å². The molecule has 0 aromatic heterocycles. The zero-order valence-electron chi connectivity index (χ0n) is 15.6. The highest BCUT2D eigenvalue weighted by Crippen LogP contribution is 2.65. The van der Waals surface area contributed by atoms with Gasteiger partial charge in [-0.15, -0.1) is 0 Å². The van der Waals surface area contributed by atoms with Crippen LogP contribution in [0.4, 0.5) is 0 Å². The summed E-state index contributed by atoms with van der Waals surface area (Å²) >= 11 is 4.93. The monoisotopic (exact) mass is 363 g/mol. The number of hydrogen-bond acceptors (Lipinski definition) is 3. The Morgan fingerprint density at radius 1 is 1.16 bits per heavy atom. The second-order valence-corrected chi connectivity index (χ2v) is 10.1. The van der Waals surface area contributed by atoms with Gasteiger partial charge in [0.15, 0.2) is 5.11 Å². The van der Waals surface area contributed by atoms with Crippen LogP contribution in [0.15, 0.2) is 5.10 Å². The van der Waals surface area contributed by atoms with Crippen LogP contribution < -0.4 is 11.2 Å². The fourth-order valence-electron chi connectivity index (χ4n) is 7.33. The van der Waals surface area contributed by atoms with Crippen LogP contribution in [0.5, 0.6) is 0 Å². The average molecular weight is 364 g/mol. The van der Waals surface area contributed by atoms with Crippen molar-refractivity contribution in [3.8, 4) is 0 Å². The summed E-state index contributed by atoms with van der Waals surface area (Å²) < 4.78 is 0. The molecule has 0 amide bonds. The van der Waals surface area contributed by atoms with E-state index in [0.29, 0.717) is 5.41 Å². The van der Waals surface area contributed by atoms with Gasteiger partial charge in [-0.25, -0.2) is 0 Å². The van der Waals surface area contributed by atoms with Crippen LogP contribution in [-0.4, -0.2) is 22.0 Å². The molecule has 25 heavy (non-hydrogen) atoms. The highest BCUT2D eigenvalue weighted by Gasteiger charge is 2.59. The molecule has 4 nitrogen and oxygen atoms in total. The van der Waals surface area contributed by atoms with Gasteiger partial charge in [-0.05, 0) is 99.1 Å². The molecule has 0 aromatic carbocycles. The molecule has 0 saturated heterocycles. The second-order valence-electron chi connectivity index (χ2n) is 9.61. The Hall–Kier alpha value is -0.680. The van der Waals surface area contributed by atoms with Gasteiger partial charge in [-0.3, -0.25) is 5.43 Å². The zero-order chi connectivity index (χ0) is 17.8. The molecule has 7 atom stereocenters. The molecule has 4 aliphatic rings. The Balaban J connectivity index is 1.58. The van der Waals surface area contributed by atoms with E-state index in [4.69, 9.17) is 18.0 Å². The van der Waals surface area contributed by atoms with Crippen LogP contribution in [0.3, 0.4) is 0 Å². The predicted molar refractivity (Wildman–Crippen MR) is 105 cm³/mol. The van der Waals surface area contributed by atoms with Crippen molar-refractivity contribution in [1.82, 2.24) is 5.43 Å². The van der Waals surface area contributed by atoms with Gasteiger partial charge < -0.3 is 10.8 Å². The number of hydrogen-bond donors (Lipinski definition) is 3. The van der Waals surface area contributed by atoms with E-state index in [0.717, 1.165) is 42.9 Å². The Morgan fingerprint density at radius 3 is 2.72 bits per heavy atom. The van der Waals surface area contributed by atoms with Crippen molar-refractivity contribution in [3.05, 3.63) is 0 Å². The highest BCUT2D eigenvalue weighted by atomic mass is 32.1. The number of rotatable bonds is 1. The minimum absolute atomic E-state index is 0.0557. The normalized spacial score (nSPS) is 50.7. The lowest BCUT2D eigenvalue weighted by Crippen LogP contribution is -2.54. The van der Waals surface area contributed by atoms with Crippen LogP contribution in [0.2, 0.25) is 0 Å². The fraction of sp³-hybridized carbons (Fsp3) is 0.900. The first-order chi connectivity index (χ1) is 11.8. The number of hydrazone groups is 1. The molecular formula is C20H33N3OS. The van der Waals surface area contributed by atoms with E-state index in [-0.39, 0.29) is 16.6 Å². The Morgan fingerprint density at radius 2 is 1.96 bits per heavy atom. The number of aliphatic hydroxyl groups is 1. The number of fused-ring (bicyclic) bond motifs is 5. The smallest absolute Gasteiger partial charge is 0.184 e. The molecule has 0 aliphatic heterocycles. The number of nitrogens with zero attached hydrogens (tertiary/aromatic N) is 1. The SMILES string of the molecule is C[C@]12CC[C@@H](O)C[C@@H]1CC[C@H]1[C@H]2CC[C@]2(C)/C(=N/NC(N)=S)CC[C@@H]12. The number of thiocarbonyl (C=S) groups is 1. The molecule has 0 spiro atoms. The van der Waals surface area contributed by atoms with E-state index < -0.39 is 0 Å². The van der Waals surface area contributed by atoms with E-state index in [1.807, 2.05) is 0 Å². The molecule has 4 aliphatic carbocycles. The summed E-state index contributed by atoms with van der Waals surface area (Å²) in [7, 11) is 0. The first-order valence-corrected chi connectivity index (χ1v) is 10.6. The highest BCUT2D eigenvalue weighted by molar-refractivity contribution is 7.80. The van der Waals surface area contributed by atoms with Gasteiger partial charge in [0.05, 0.1) is 6.10 Å². The molecule has 0 radical (unpaired) electrons. The fourth-order valence-corrected chi connectivity index (χ4v) is 7.38. The van der Waals surface area contributed by atoms with Crippen LogP contribution in [0.1, 0.15) is 71.6 Å². The van der Waals surface area contributed by atoms with Gasteiger partial charge in [0.1, 0.15) is 0 Å². The second kappa shape index (κ2) is 6.19. The van der Waals surface area contributed by atoms with Crippen LogP contribution >= 0.6 is 12.2 Å². The van der Waals surface area contributed by atoms with Crippen molar-refractivity contribution in [2.75, 3.05) is 0 Å². The number of aliphatic hydroxyl groups excluding tert-OH is 1. The third kappa shape index (κ3) is 2.73. The molecule has 0 bridgehead atoms. The molecule has 4 N–H and O–H groups in total. The lowest BCUT2D eigenvalue weighted by atomic mass is 9.45. The molecule has 0 aromatic rings. The van der Waals surface area contributed by atoms with Crippen molar-refractivity contribution in [1.29, 1.82) is 0 Å². The quantitative estimate of drug-likeness (QED) is 0.492. The summed E-state index contributed by atoms with van der Waals surface area (Å²) in [5.74, 6) is 3.14. The van der Waals surface area contributed by atoms with Crippen molar-refractivity contribution in [3.63, 3.8) is 0 Å². The maximum atomic E-state index is 10.1. The predicted octanol–water partition coefficient (Wildman–Crippen LogP) is 3.58.